The lowest BCUT2D eigenvalue weighted by Gasteiger charge is -2.33. The van der Waals surface area contributed by atoms with Crippen LogP contribution in [0.1, 0.15) is 38.3 Å². The van der Waals surface area contributed by atoms with Gasteiger partial charge in [-0.05, 0) is 39.8 Å². The van der Waals surface area contributed by atoms with Crippen molar-refractivity contribution in [1.82, 2.24) is 10.3 Å². The second-order valence-electron chi connectivity index (χ2n) is 7.05. The number of benzene rings is 1. The largest absolute Gasteiger partial charge is 0.353 e. The molecule has 0 fully saturated rings. The number of ketones is 1. The Labute approximate surface area is 138 Å². The smallest absolute Gasteiger partial charge is 0.219 e. The van der Waals surface area contributed by atoms with Crippen molar-refractivity contribution in [2.45, 2.75) is 32.7 Å². The van der Waals surface area contributed by atoms with Crippen LogP contribution in [0.15, 0.2) is 40.2 Å². The molecule has 124 valence electrons. The molecule has 0 spiro atoms. The summed E-state index contributed by atoms with van der Waals surface area (Å²) >= 11 is 0. The lowest BCUT2D eigenvalue weighted by atomic mass is 9.73. The number of carbonyl (C=O) groups excluding carboxylic acids is 1. The summed E-state index contributed by atoms with van der Waals surface area (Å²) in [6.45, 7) is 4.12. The number of anilines is 2. The fourth-order valence-corrected chi connectivity index (χ4v) is 3.40. The molecular formula is C17H17FN4O2. The van der Waals surface area contributed by atoms with Crippen LogP contribution in [0.4, 0.5) is 16.0 Å². The van der Waals surface area contributed by atoms with Crippen molar-refractivity contribution in [2.75, 3.05) is 10.6 Å². The van der Waals surface area contributed by atoms with Gasteiger partial charge >= 0.3 is 0 Å². The minimum atomic E-state index is -0.426. The molecular weight excluding hydrogens is 311 g/mol. The molecule has 1 atom stereocenters. The zero-order valence-corrected chi connectivity index (χ0v) is 13.4. The maximum absolute atomic E-state index is 13.3. The maximum atomic E-state index is 13.3. The summed E-state index contributed by atoms with van der Waals surface area (Å²) in [6, 6.07) is 5.68. The zero-order valence-electron chi connectivity index (χ0n) is 13.4. The van der Waals surface area contributed by atoms with E-state index in [0.29, 0.717) is 30.1 Å². The second kappa shape index (κ2) is 5.15. The molecule has 2 N–H and O–H groups in total. The van der Waals surface area contributed by atoms with Gasteiger partial charge in [-0.25, -0.2) is 9.02 Å². The van der Waals surface area contributed by atoms with Gasteiger partial charge in [0.1, 0.15) is 5.82 Å². The summed E-state index contributed by atoms with van der Waals surface area (Å²) in [5.74, 6) is 0.638. The van der Waals surface area contributed by atoms with E-state index in [9.17, 15) is 9.18 Å². The molecule has 7 heteroatoms. The number of allylic oxidation sites excluding steroid dienone is 1. The van der Waals surface area contributed by atoms with Crippen LogP contribution in [-0.2, 0) is 4.79 Å². The number of hydrogen-bond acceptors (Lipinski definition) is 6. The van der Waals surface area contributed by atoms with Gasteiger partial charge < -0.3 is 10.6 Å². The predicted molar refractivity (Wildman–Crippen MR) is 85.7 cm³/mol. The first kappa shape index (κ1) is 14.9. The van der Waals surface area contributed by atoms with Gasteiger partial charge in [-0.15, -0.1) is 0 Å². The first-order valence-electron chi connectivity index (χ1n) is 7.81. The monoisotopic (exact) mass is 328 g/mol. The van der Waals surface area contributed by atoms with Gasteiger partial charge in [0, 0.05) is 17.7 Å². The van der Waals surface area contributed by atoms with Crippen LogP contribution in [0.25, 0.3) is 0 Å². The van der Waals surface area contributed by atoms with Gasteiger partial charge in [-0.1, -0.05) is 26.0 Å². The number of aromatic nitrogens is 2. The van der Waals surface area contributed by atoms with Crippen molar-refractivity contribution >= 4 is 17.4 Å². The van der Waals surface area contributed by atoms with Crippen LogP contribution in [-0.4, -0.2) is 16.1 Å². The van der Waals surface area contributed by atoms with Gasteiger partial charge in [0.05, 0.1) is 6.04 Å². The van der Waals surface area contributed by atoms with Crippen LogP contribution in [0.5, 0.6) is 0 Å². The van der Waals surface area contributed by atoms with Gasteiger partial charge in [-0.3, -0.25) is 4.79 Å². The molecule has 1 aromatic carbocycles. The molecule has 0 amide bonds. The first-order chi connectivity index (χ1) is 11.4. The molecule has 2 heterocycles. The number of carbonyl (C=O) groups is 1. The number of nitrogens with zero attached hydrogens (tertiary/aromatic N) is 2. The third kappa shape index (κ3) is 2.46. The molecule has 0 saturated heterocycles. The highest BCUT2D eigenvalue weighted by atomic mass is 19.1. The van der Waals surface area contributed by atoms with E-state index in [1.165, 1.54) is 12.1 Å². The summed E-state index contributed by atoms with van der Waals surface area (Å²) in [6.07, 6.45) is 1.17. The Morgan fingerprint density at radius 3 is 2.62 bits per heavy atom. The molecule has 24 heavy (non-hydrogen) atoms. The third-order valence-corrected chi connectivity index (χ3v) is 4.45. The molecule has 6 nitrogen and oxygen atoms in total. The standard InChI is InChI=1S/C17H17FN4O2/c1-17(2)7-11-13(12(23)8-17)14(9-3-5-10(18)6-4-9)20-16-15(19-11)21-24-22-16/h3-6,14H,7-8H2,1-2H3,(H,19,21)(H,20,22)/t14-/m0/s1. The highest BCUT2D eigenvalue weighted by Gasteiger charge is 2.39. The molecule has 0 radical (unpaired) electrons. The second-order valence-corrected chi connectivity index (χ2v) is 7.05. The van der Waals surface area contributed by atoms with Crippen LogP contribution < -0.4 is 10.6 Å². The lowest BCUT2D eigenvalue weighted by Crippen LogP contribution is -2.31. The van der Waals surface area contributed by atoms with E-state index in [2.05, 4.69) is 34.8 Å². The number of rotatable bonds is 1. The minimum absolute atomic E-state index is 0.0673. The van der Waals surface area contributed by atoms with Crippen molar-refractivity contribution in [1.29, 1.82) is 0 Å². The Kier molecular flexibility index (Phi) is 3.19. The molecule has 0 saturated carbocycles. The summed E-state index contributed by atoms with van der Waals surface area (Å²) in [7, 11) is 0. The van der Waals surface area contributed by atoms with Gasteiger partial charge in [0.25, 0.3) is 0 Å². The summed E-state index contributed by atoms with van der Waals surface area (Å²) < 4.78 is 18.1. The highest BCUT2D eigenvalue weighted by molar-refractivity contribution is 6.00. The van der Waals surface area contributed by atoms with Crippen LogP contribution >= 0.6 is 0 Å². The van der Waals surface area contributed by atoms with E-state index < -0.39 is 6.04 Å². The van der Waals surface area contributed by atoms with E-state index in [4.69, 9.17) is 4.63 Å². The Morgan fingerprint density at radius 2 is 1.88 bits per heavy atom. The minimum Gasteiger partial charge on any atom is -0.353 e. The van der Waals surface area contributed by atoms with E-state index in [1.807, 2.05) is 0 Å². The Hall–Kier alpha value is -2.70. The summed E-state index contributed by atoms with van der Waals surface area (Å²) in [5.41, 5.74) is 2.11. The molecule has 0 unspecified atom stereocenters. The molecule has 0 bridgehead atoms. The fraction of sp³-hybridized carbons (Fsp3) is 0.353. The first-order valence-corrected chi connectivity index (χ1v) is 7.81. The van der Waals surface area contributed by atoms with Crippen molar-refractivity contribution < 1.29 is 13.8 Å². The Morgan fingerprint density at radius 1 is 1.17 bits per heavy atom. The number of fused-ring (bicyclic) bond motifs is 1. The van der Waals surface area contributed by atoms with Crippen molar-refractivity contribution in [3.05, 3.63) is 46.9 Å². The number of nitrogens with one attached hydrogen (secondary N) is 2. The molecule has 1 aliphatic heterocycles. The average Bonchev–Trinajstić information content (AvgIpc) is 2.86. The third-order valence-electron chi connectivity index (χ3n) is 4.45. The average molecular weight is 328 g/mol. The van der Waals surface area contributed by atoms with Crippen molar-refractivity contribution in [3.8, 4) is 0 Å². The molecule has 2 aliphatic rings. The Balaban J connectivity index is 1.86. The van der Waals surface area contributed by atoms with Crippen LogP contribution in [0, 0.1) is 11.2 Å². The molecule has 1 aromatic heterocycles. The van der Waals surface area contributed by atoms with Gasteiger partial charge in [0.2, 0.25) is 11.6 Å². The van der Waals surface area contributed by atoms with Gasteiger partial charge in [-0.2, -0.15) is 0 Å². The van der Waals surface area contributed by atoms with Crippen molar-refractivity contribution in [2.24, 2.45) is 5.41 Å². The Bertz CT molecular complexity index is 839. The van der Waals surface area contributed by atoms with Crippen molar-refractivity contribution in [3.63, 3.8) is 0 Å². The number of Topliss-reactive ketones (excluding diaryl/α,β-unsaturated/α-hetero) is 1. The van der Waals surface area contributed by atoms with Crippen LogP contribution in [0.2, 0.25) is 0 Å². The SMILES string of the molecule is CC1(C)CC(=O)C2=C(C1)Nc1nonc1N[C@H]2c1ccc(F)cc1. The number of halogens is 1. The summed E-state index contributed by atoms with van der Waals surface area (Å²) in [5, 5.41) is 14.1. The molecule has 1 aliphatic carbocycles. The quantitative estimate of drug-likeness (QED) is 0.835. The molecule has 2 aromatic rings. The predicted octanol–water partition coefficient (Wildman–Crippen LogP) is 3.43. The number of hydrogen-bond donors (Lipinski definition) is 2. The zero-order chi connectivity index (χ0) is 16.9. The highest BCUT2D eigenvalue weighted by Crippen LogP contribution is 2.44. The topological polar surface area (TPSA) is 80.1 Å². The summed E-state index contributed by atoms with van der Waals surface area (Å²) in [4.78, 5) is 12.8. The molecule has 4 rings (SSSR count). The fourth-order valence-electron chi connectivity index (χ4n) is 3.40. The van der Waals surface area contributed by atoms with E-state index in [-0.39, 0.29) is 17.0 Å². The van der Waals surface area contributed by atoms with Crippen LogP contribution in [0.3, 0.4) is 0 Å². The lowest BCUT2D eigenvalue weighted by molar-refractivity contribution is -0.118. The van der Waals surface area contributed by atoms with E-state index >= 15 is 0 Å². The maximum Gasteiger partial charge on any atom is 0.219 e. The normalized spacial score (nSPS) is 22.1. The van der Waals surface area contributed by atoms with E-state index in [0.717, 1.165) is 11.3 Å². The van der Waals surface area contributed by atoms with E-state index in [1.54, 1.807) is 12.1 Å². The van der Waals surface area contributed by atoms with Gasteiger partial charge in [0.15, 0.2) is 5.78 Å².